The van der Waals surface area contributed by atoms with Gasteiger partial charge in [-0.3, -0.25) is 0 Å². The summed E-state index contributed by atoms with van der Waals surface area (Å²) in [6.45, 7) is 14.2. The quantitative estimate of drug-likeness (QED) is 0.309. The number of benzene rings is 3. The summed E-state index contributed by atoms with van der Waals surface area (Å²) in [5, 5.41) is 4.35. The highest BCUT2D eigenvalue weighted by Crippen LogP contribution is 2.42. The predicted octanol–water partition coefficient (Wildman–Crippen LogP) is 7.67. The van der Waals surface area contributed by atoms with E-state index in [9.17, 15) is 0 Å². The van der Waals surface area contributed by atoms with Gasteiger partial charge in [0.15, 0.2) is 0 Å². The van der Waals surface area contributed by atoms with E-state index in [1.165, 1.54) is 37.1 Å². The molecule has 0 saturated carbocycles. The minimum atomic E-state index is -1.41. The molecule has 0 bridgehead atoms. The minimum absolute atomic E-state index is 0.101. The maximum absolute atomic E-state index is 2.44. The summed E-state index contributed by atoms with van der Waals surface area (Å²) in [5.74, 6) is 0. The first-order chi connectivity index (χ1) is 13.6. The molecule has 3 aromatic carbocycles. The third kappa shape index (κ3) is 3.51. The van der Waals surface area contributed by atoms with Crippen LogP contribution in [-0.2, 0) is 5.41 Å². The van der Waals surface area contributed by atoms with E-state index < -0.39 is 8.07 Å². The molecule has 3 heteroatoms. The van der Waals surface area contributed by atoms with Gasteiger partial charge in [0.25, 0.3) is 0 Å². The fourth-order valence-electron chi connectivity index (χ4n) is 4.19. The molecule has 0 aliphatic carbocycles. The van der Waals surface area contributed by atoms with Crippen LogP contribution in [0.3, 0.4) is 0 Å². The lowest BCUT2D eigenvalue weighted by molar-refractivity contribution is 0.590. The summed E-state index contributed by atoms with van der Waals surface area (Å²) < 4.78 is 2.87. The van der Waals surface area contributed by atoms with Crippen molar-refractivity contribution in [3.8, 4) is 0 Å². The minimum Gasteiger partial charge on any atom is -0.343 e. The Bertz CT molecular complexity index is 1190. The van der Waals surface area contributed by atoms with Gasteiger partial charge in [-0.1, -0.05) is 88.9 Å². The lowest BCUT2D eigenvalue weighted by Gasteiger charge is -2.29. The summed E-state index contributed by atoms with van der Waals surface area (Å²) in [5.41, 5.74) is 4.06. The van der Waals surface area contributed by atoms with Crippen molar-refractivity contribution >= 4 is 56.1 Å². The van der Waals surface area contributed by atoms with Crippen molar-refractivity contribution in [2.75, 3.05) is 11.9 Å². The third-order valence-electron chi connectivity index (χ3n) is 5.75. The zero-order chi connectivity index (χ0) is 21.0. The van der Waals surface area contributed by atoms with E-state index in [0.717, 1.165) is 0 Å². The molecular weight excluding hydrogens is 386 g/mol. The SMILES string of the molecule is CN(c1ccccc1C(C)(C)C)c1cccc2c1sc1c([Si](C)(C)C)cccc12. The smallest absolute Gasteiger partial charge is 0.0794 e. The Morgan fingerprint density at radius 3 is 1.97 bits per heavy atom. The summed E-state index contributed by atoms with van der Waals surface area (Å²) in [6.07, 6.45) is 0. The molecule has 0 unspecified atom stereocenters. The molecule has 0 aliphatic rings. The third-order valence-corrected chi connectivity index (χ3v) is 9.24. The zero-order valence-corrected chi connectivity index (χ0v) is 20.4. The average molecular weight is 418 g/mol. The molecule has 0 spiro atoms. The van der Waals surface area contributed by atoms with Gasteiger partial charge in [-0.25, -0.2) is 0 Å². The van der Waals surface area contributed by atoms with Crippen molar-refractivity contribution in [3.63, 3.8) is 0 Å². The van der Waals surface area contributed by atoms with E-state index >= 15 is 0 Å². The van der Waals surface area contributed by atoms with Gasteiger partial charge >= 0.3 is 0 Å². The highest BCUT2D eigenvalue weighted by molar-refractivity contribution is 7.28. The number of thiophene rings is 1. The van der Waals surface area contributed by atoms with Gasteiger partial charge in [0.1, 0.15) is 0 Å². The maximum Gasteiger partial charge on any atom is 0.0794 e. The summed E-state index contributed by atoms with van der Waals surface area (Å²) in [4.78, 5) is 2.38. The number of fused-ring (bicyclic) bond motifs is 3. The predicted molar refractivity (Wildman–Crippen MR) is 136 cm³/mol. The number of rotatable bonds is 3. The molecule has 0 atom stereocenters. The molecule has 1 heterocycles. The van der Waals surface area contributed by atoms with Crippen molar-refractivity contribution in [3.05, 3.63) is 66.2 Å². The van der Waals surface area contributed by atoms with E-state index in [-0.39, 0.29) is 5.41 Å². The number of anilines is 2. The molecular formula is C26H31NSSi. The number of para-hydroxylation sites is 1. The average Bonchev–Trinajstić information content (AvgIpc) is 3.04. The standard InChI is InChI=1S/C26H31NSSi/c1-26(2,3)20-14-8-9-15-21(20)27(4)22-16-10-12-18-19-13-11-17-23(29(5,6)7)25(19)28-24(18)22/h8-17H,1-7H3. The molecule has 4 aromatic rings. The second-order valence-electron chi connectivity index (χ2n) is 10.0. The normalized spacial score (nSPS) is 12.7. The first-order valence-electron chi connectivity index (χ1n) is 10.4. The molecule has 4 rings (SSSR count). The van der Waals surface area contributed by atoms with Crippen LogP contribution in [0.1, 0.15) is 26.3 Å². The van der Waals surface area contributed by atoms with Gasteiger partial charge in [0.2, 0.25) is 0 Å². The van der Waals surface area contributed by atoms with E-state index in [4.69, 9.17) is 0 Å². The summed E-state index contributed by atoms with van der Waals surface area (Å²) in [6, 6.07) is 22.5. The Hall–Kier alpha value is -2.10. The molecule has 0 fully saturated rings. The summed E-state index contributed by atoms with van der Waals surface area (Å²) in [7, 11) is 0.805. The van der Waals surface area contributed by atoms with Crippen molar-refractivity contribution < 1.29 is 0 Å². The molecule has 0 radical (unpaired) electrons. The van der Waals surface area contributed by atoms with Gasteiger partial charge in [0, 0.05) is 28.2 Å². The first-order valence-corrected chi connectivity index (χ1v) is 14.7. The number of hydrogen-bond donors (Lipinski definition) is 0. The van der Waals surface area contributed by atoms with Crippen LogP contribution in [0.2, 0.25) is 19.6 Å². The molecule has 0 aliphatic heterocycles. The Morgan fingerprint density at radius 1 is 0.724 bits per heavy atom. The Balaban J connectivity index is 1.97. The Morgan fingerprint density at radius 2 is 1.31 bits per heavy atom. The fourth-order valence-corrected chi connectivity index (χ4v) is 7.94. The largest absolute Gasteiger partial charge is 0.343 e. The highest BCUT2D eigenvalue weighted by Gasteiger charge is 2.24. The molecule has 0 saturated heterocycles. The summed E-state index contributed by atoms with van der Waals surface area (Å²) >= 11 is 1.97. The van der Waals surface area contributed by atoms with Crippen molar-refractivity contribution in [2.24, 2.45) is 0 Å². The van der Waals surface area contributed by atoms with Crippen LogP contribution in [-0.4, -0.2) is 15.1 Å². The lowest BCUT2D eigenvalue weighted by Crippen LogP contribution is -2.37. The second kappa shape index (κ2) is 7.00. The van der Waals surface area contributed by atoms with Crippen LogP contribution in [0.25, 0.3) is 20.2 Å². The van der Waals surface area contributed by atoms with E-state index in [1.807, 2.05) is 11.3 Å². The van der Waals surface area contributed by atoms with Crippen molar-refractivity contribution in [1.29, 1.82) is 0 Å². The van der Waals surface area contributed by atoms with E-state index in [1.54, 1.807) is 5.19 Å². The fraction of sp³-hybridized carbons (Fsp3) is 0.308. The highest BCUT2D eigenvalue weighted by atomic mass is 32.1. The molecule has 29 heavy (non-hydrogen) atoms. The van der Waals surface area contributed by atoms with Crippen LogP contribution in [0.15, 0.2) is 60.7 Å². The van der Waals surface area contributed by atoms with Gasteiger partial charge < -0.3 is 4.90 Å². The van der Waals surface area contributed by atoms with Gasteiger partial charge in [-0.2, -0.15) is 0 Å². The van der Waals surface area contributed by atoms with E-state index in [0.29, 0.717) is 0 Å². The Labute approximate surface area is 180 Å². The molecule has 150 valence electrons. The monoisotopic (exact) mass is 417 g/mol. The van der Waals surface area contributed by atoms with Crippen LogP contribution in [0.4, 0.5) is 11.4 Å². The molecule has 0 N–H and O–H groups in total. The van der Waals surface area contributed by atoms with Gasteiger partial charge in [-0.05, 0) is 28.3 Å². The number of nitrogens with zero attached hydrogens (tertiary/aromatic N) is 1. The zero-order valence-electron chi connectivity index (χ0n) is 18.6. The van der Waals surface area contributed by atoms with Crippen LogP contribution in [0.5, 0.6) is 0 Å². The maximum atomic E-state index is 2.44. The first kappa shape index (κ1) is 20.2. The molecule has 0 amide bonds. The van der Waals surface area contributed by atoms with Crippen molar-refractivity contribution in [1.82, 2.24) is 0 Å². The molecule has 1 nitrogen and oxygen atoms in total. The van der Waals surface area contributed by atoms with Crippen LogP contribution >= 0.6 is 11.3 Å². The number of hydrogen-bond acceptors (Lipinski definition) is 2. The second-order valence-corrected chi connectivity index (χ2v) is 16.1. The Kier molecular flexibility index (Phi) is 4.87. The van der Waals surface area contributed by atoms with E-state index in [2.05, 4.69) is 113 Å². The van der Waals surface area contributed by atoms with Gasteiger partial charge in [-0.15, -0.1) is 11.3 Å². The van der Waals surface area contributed by atoms with Crippen LogP contribution in [0, 0.1) is 0 Å². The lowest BCUT2D eigenvalue weighted by atomic mass is 9.85. The topological polar surface area (TPSA) is 3.24 Å². The van der Waals surface area contributed by atoms with Crippen LogP contribution < -0.4 is 10.1 Å². The van der Waals surface area contributed by atoms with Gasteiger partial charge in [0.05, 0.1) is 18.5 Å². The van der Waals surface area contributed by atoms with Crippen molar-refractivity contribution in [2.45, 2.75) is 45.8 Å². The molecule has 1 aromatic heterocycles.